The zero-order valence-electron chi connectivity index (χ0n) is 14.4. The van der Waals surface area contributed by atoms with E-state index in [9.17, 15) is 4.79 Å². The largest absolute Gasteiger partial charge is 0.288 e. The Morgan fingerprint density at radius 1 is 0.852 bits per heavy atom. The van der Waals surface area contributed by atoms with Crippen LogP contribution in [0, 0.1) is 6.92 Å². The molecule has 3 rings (SSSR count). The summed E-state index contributed by atoms with van der Waals surface area (Å²) in [5.74, 6) is -0.0942. The van der Waals surface area contributed by atoms with Crippen molar-refractivity contribution >= 4 is 58.4 Å². The maximum Gasteiger partial charge on any atom is 0.199 e. The molecule has 0 aliphatic rings. The third-order valence-corrected chi connectivity index (χ3v) is 5.67. The minimum absolute atomic E-state index is 0.0942. The van der Waals surface area contributed by atoms with Crippen LogP contribution >= 0.6 is 46.6 Å². The summed E-state index contributed by atoms with van der Waals surface area (Å²) in [7, 11) is 0. The first-order valence-electron chi connectivity index (χ1n) is 8.14. The molecule has 0 amide bonds. The molecule has 0 aliphatic heterocycles. The van der Waals surface area contributed by atoms with E-state index in [1.165, 1.54) is 11.8 Å². The van der Waals surface area contributed by atoms with Crippen molar-refractivity contribution in [2.45, 2.75) is 11.8 Å². The van der Waals surface area contributed by atoms with Gasteiger partial charge in [0.2, 0.25) is 0 Å². The topological polar surface area (TPSA) is 17.1 Å². The van der Waals surface area contributed by atoms with Crippen LogP contribution in [-0.2, 0) is 0 Å². The molecule has 1 nitrogen and oxygen atoms in total. The standard InChI is InChI=1S/C22H15Cl3OS/c1-14-2-10-19(11-3-14)27-21(12-16-6-9-18(24)13-20(16)25)22(26)15-4-7-17(23)8-5-15/h2-13H,1H3. The zero-order valence-corrected chi connectivity index (χ0v) is 17.5. The first-order chi connectivity index (χ1) is 12.9. The minimum Gasteiger partial charge on any atom is -0.288 e. The van der Waals surface area contributed by atoms with Crippen LogP contribution in [0.15, 0.2) is 76.5 Å². The summed E-state index contributed by atoms with van der Waals surface area (Å²) >= 11 is 19.6. The minimum atomic E-state index is -0.0942. The fourth-order valence-electron chi connectivity index (χ4n) is 2.38. The predicted molar refractivity (Wildman–Crippen MR) is 117 cm³/mol. The maximum absolute atomic E-state index is 13.1. The van der Waals surface area contributed by atoms with Crippen molar-refractivity contribution in [2.24, 2.45) is 0 Å². The van der Waals surface area contributed by atoms with Crippen LogP contribution in [0.2, 0.25) is 15.1 Å². The molecule has 0 atom stereocenters. The zero-order chi connectivity index (χ0) is 19.4. The van der Waals surface area contributed by atoms with Crippen LogP contribution in [0.5, 0.6) is 0 Å². The number of hydrogen-bond acceptors (Lipinski definition) is 2. The highest BCUT2D eigenvalue weighted by atomic mass is 35.5. The van der Waals surface area contributed by atoms with Gasteiger partial charge in [-0.05, 0) is 67.1 Å². The Morgan fingerprint density at radius 2 is 1.48 bits per heavy atom. The summed E-state index contributed by atoms with van der Waals surface area (Å²) in [5.41, 5.74) is 2.46. The van der Waals surface area contributed by atoms with Gasteiger partial charge in [0.05, 0.1) is 4.91 Å². The Hall–Kier alpha value is -1.71. The van der Waals surface area contributed by atoms with Crippen molar-refractivity contribution < 1.29 is 4.79 Å². The second-order valence-electron chi connectivity index (χ2n) is 5.93. The van der Waals surface area contributed by atoms with E-state index in [-0.39, 0.29) is 5.78 Å². The molecule has 3 aromatic carbocycles. The number of thioether (sulfide) groups is 1. The van der Waals surface area contributed by atoms with Crippen LogP contribution in [-0.4, -0.2) is 5.78 Å². The van der Waals surface area contributed by atoms with Crippen LogP contribution in [0.3, 0.4) is 0 Å². The van der Waals surface area contributed by atoms with Crippen molar-refractivity contribution in [1.82, 2.24) is 0 Å². The van der Waals surface area contributed by atoms with Gasteiger partial charge in [0.15, 0.2) is 5.78 Å². The molecule has 0 unspecified atom stereocenters. The van der Waals surface area contributed by atoms with Gasteiger partial charge in [-0.15, -0.1) is 0 Å². The Morgan fingerprint density at radius 3 is 2.11 bits per heavy atom. The lowest BCUT2D eigenvalue weighted by Gasteiger charge is -2.09. The van der Waals surface area contributed by atoms with E-state index in [1.54, 1.807) is 48.5 Å². The average molecular weight is 434 g/mol. The lowest BCUT2D eigenvalue weighted by atomic mass is 10.1. The quantitative estimate of drug-likeness (QED) is 0.230. The van der Waals surface area contributed by atoms with E-state index in [4.69, 9.17) is 34.8 Å². The van der Waals surface area contributed by atoms with Gasteiger partial charge in [-0.2, -0.15) is 0 Å². The van der Waals surface area contributed by atoms with E-state index in [0.29, 0.717) is 25.5 Å². The molecule has 136 valence electrons. The van der Waals surface area contributed by atoms with Crippen LogP contribution in [0.1, 0.15) is 21.5 Å². The molecule has 0 aromatic heterocycles. The van der Waals surface area contributed by atoms with Gasteiger partial charge in [-0.3, -0.25) is 4.79 Å². The van der Waals surface area contributed by atoms with Gasteiger partial charge in [0.1, 0.15) is 0 Å². The second-order valence-corrected chi connectivity index (χ2v) is 8.32. The second kappa shape index (κ2) is 8.99. The van der Waals surface area contributed by atoms with E-state index >= 15 is 0 Å². The monoisotopic (exact) mass is 432 g/mol. The number of carbonyl (C=O) groups is 1. The lowest BCUT2D eigenvalue weighted by molar-refractivity contribution is 0.104. The summed E-state index contributed by atoms with van der Waals surface area (Å²) in [6.45, 7) is 2.03. The van der Waals surface area contributed by atoms with Gasteiger partial charge in [0, 0.05) is 25.5 Å². The number of carbonyl (C=O) groups excluding carboxylic acids is 1. The van der Waals surface area contributed by atoms with Crippen molar-refractivity contribution in [1.29, 1.82) is 0 Å². The summed E-state index contributed by atoms with van der Waals surface area (Å²) < 4.78 is 0. The predicted octanol–water partition coefficient (Wildman–Crippen LogP) is 7.97. The highest BCUT2D eigenvalue weighted by molar-refractivity contribution is 8.04. The molecule has 0 bridgehead atoms. The summed E-state index contributed by atoms with van der Waals surface area (Å²) in [4.78, 5) is 14.6. The number of halogens is 3. The molecule has 0 aliphatic carbocycles. The molecule has 5 heteroatoms. The summed E-state index contributed by atoms with van der Waals surface area (Å²) in [6, 6.07) is 20.1. The molecule has 0 heterocycles. The number of Topliss-reactive ketones (excluding diaryl/α,β-unsaturated/α-hetero) is 1. The number of rotatable bonds is 5. The highest BCUT2D eigenvalue weighted by Crippen LogP contribution is 2.33. The molecule has 0 N–H and O–H groups in total. The molecule has 0 saturated heterocycles. The smallest absolute Gasteiger partial charge is 0.199 e. The SMILES string of the molecule is Cc1ccc(SC(=Cc2ccc(Cl)cc2Cl)C(=O)c2ccc(Cl)cc2)cc1. The normalized spacial score (nSPS) is 11.5. The van der Waals surface area contributed by atoms with Crippen LogP contribution < -0.4 is 0 Å². The number of hydrogen-bond donors (Lipinski definition) is 0. The number of benzene rings is 3. The molecule has 27 heavy (non-hydrogen) atoms. The van der Waals surface area contributed by atoms with E-state index in [2.05, 4.69) is 0 Å². The average Bonchev–Trinajstić information content (AvgIpc) is 2.65. The van der Waals surface area contributed by atoms with E-state index < -0.39 is 0 Å². The Bertz CT molecular complexity index is 993. The first kappa shape index (κ1) is 20.0. The van der Waals surface area contributed by atoms with Gasteiger partial charge < -0.3 is 0 Å². The number of allylic oxidation sites excluding steroid dienone is 1. The molecule has 0 radical (unpaired) electrons. The van der Waals surface area contributed by atoms with Crippen molar-refractivity contribution in [3.8, 4) is 0 Å². The first-order valence-corrected chi connectivity index (χ1v) is 10.1. The lowest BCUT2D eigenvalue weighted by Crippen LogP contribution is -2.01. The maximum atomic E-state index is 13.1. The summed E-state index contributed by atoms with van der Waals surface area (Å²) in [6.07, 6.45) is 1.79. The third-order valence-electron chi connectivity index (χ3n) is 3.83. The van der Waals surface area contributed by atoms with Crippen LogP contribution in [0.25, 0.3) is 6.08 Å². The number of aryl methyl sites for hydroxylation is 1. The number of ketones is 1. The third kappa shape index (κ3) is 5.40. The fraction of sp³-hybridized carbons (Fsp3) is 0.0455. The molecule has 3 aromatic rings. The van der Waals surface area contributed by atoms with Crippen LogP contribution in [0.4, 0.5) is 0 Å². The van der Waals surface area contributed by atoms with E-state index in [0.717, 1.165) is 16.0 Å². The fourth-order valence-corrected chi connectivity index (χ4v) is 3.89. The van der Waals surface area contributed by atoms with E-state index in [1.807, 2.05) is 31.2 Å². The van der Waals surface area contributed by atoms with Gasteiger partial charge in [0.25, 0.3) is 0 Å². The van der Waals surface area contributed by atoms with Crippen molar-refractivity contribution in [3.05, 3.63) is 103 Å². The van der Waals surface area contributed by atoms with Gasteiger partial charge in [-0.1, -0.05) is 70.3 Å². The Balaban J connectivity index is 2.01. The molecular weight excluding hydrogens is 419 g/mol. The van der Waals surface area contributed by atoms with Gasteiger partial charge >= 0.3 is 0 Å². The highest BCUT2D eigenvalue weighted by Gasteiger charge is 2.15. The van der Waals surface area contributed by atoms with Crippen molar-refractivity contribution in [3.63, 3.8) is 0 Å². The van der Waals surface area contributed by atoms with Crippen molar-refractivity contribution in [2.75, 3.05) is 0 Å². The Kier molecular flexibility index (Phi) is 6.67. The molecule has 0 saturated carbocycles. The Labute approximate surface area is 178 Å². The molecular formula is C22H15Cl3OS. The molecule has 0 fully saturated rings. The summed E-state index contributed by atoms with van der Waals surface area (Å²) in [5, 5.41) is 1.63. The van der Waals surface area contributed by atoms with Gasteiger partial charge in [-0.25, -0.2) is 0 Å². The molecule has 0 spiro atoms.